The van der Waals surface area contributed by atoms with E-state index in [1.807, 2.05) is 4.90 Å². The van der Waals surface area contributed by atoms with Crippen molar-refractivity contribution in [2.24, 2.45) is 0 Å². The van der Waals surface area contributed by atoms with Crippen LogP contribution in [0.15, 0.2) is 42.0 Å². The molecule has 0 amide bonds. The lowest BCUT2D eigenvalue weighted by molar-refractivity contribution is 0.238. The molecule has 3 aromatic heterocycles. The zero-order valence-corrected chi connectivity index (χ0v) is 13.3. The number of aromatic nitrogens is 5. The Morgan fingerprint density at radius 1 is 1.20 bits per heavy atom. The maximum absolute atomic E-state index is 13.8. The molecule has 0 saturated carbocycles. The molecule has 0 aromatic carbocycles. The van der Waals surface area contributed by atoms with Gasteiger partial charge in [-0.25, -0.2) is 19.3 Å². The first-order chi connectivity index (χ1) is 12.2. The Bertz CT molecular complexity index is 959. The summed E-state index contributed by atoms with van der Waals surface area (Å²) in [6, 6.07) is 1.66. The van der Waals surface area contributed by atoms with Crippen molar-refractivity contribution >= 4 is 0 Å². The number of nitrogens with zero attached hydrogens (tertiary/aromatic N) is 5. The third-order valence-corrected chi connectivity index (χ3v) is 4.23. The lowest BCUT2D eigenvalue weighted by Crippen LogP contribution is -2.35. The summed E-state index contributed by atoms with van der Waals surface area (Å²) >= 11 is 0. The van der Waals surface area contributed by atoms with Crippen molar-refractivity contribution in [3.8, 4) is 11.4 Å². The Labute approximate surface area is 142 Å². The van der Waals surface area contributed by atoms with Gasteiger partial charge >= 0.3 is 0 Å². The van der Waals surface area contributed by atoms with Crippen LogP contribution in [0, 0.1) is 5.82 Å². The van der Waals surface area contributed by atoms with Crippen molar-refractivity contribution in [2.45, 2.75) is 19.5 Å². The Morgan fingerprint density at radius 3 is 2.84 bits per heavy atom. The van der Waals surface area contributed by atoms with Crippen molar-refractivity contribution in [3.63, 3.8) is 0 Å². The standard InChI is InChI=1S/C17H15FN6O/c18-14-7-19-3-1-11(14)8-24-4-2-15-13(9-24)17(25)23-16(22-15)12-5-20-10-21-6-12/h1,3,5-7,10H,2,4,8-9H2,(H,22,23,25). The number of fused-ring (bicyclic) bond motifs is 1. The van der Waals surface area contributed by atoms with Crippen LogP contribution in [0.1, 0.15) is 16.8 Å². The predicted molar refractivity (Wildman–Crippen MR) is 87.9 cm³/mol. The molecular weight excluding hydrogens is 323 g/mol. The Hall–Kier alpha value is -3.00. The summed E-state index contributed by atoms with van der Waals surface area (Å²) in [5, 5.41) is 0. The number of hydrogen-bond acceptors (Lipinski definition) is 6. The van der Waals surface area contributed by atoms with E-state index in [9.17, 15) is 9.18 Å². The second-order valence-electron chi connectivity index (χ2n) is 5.89. The van der Waals surface area contributed by atoms with Gasteiger partial charge in [-0.2, -0.15) is 0 Å². The third-order valence-electron chi connectivity index (χ3n) is 4.23. The van der Waals surface area contributed by atoms with Crippen LogP contribution < -0.4 is 5.56 Å². The fourth-order valence-electron chi connectivity index (χ4n) is 2.95. The summed E-state index contributed by atoms with van der Waals surface area (Å²) in [5.41, 5.74) is 2.46. The van der Waals surface area contributed by atoms with E-state index in [0.717, 1.165) is 5.69 Å². The molecule has 4 rings (SSSR count). The minimum absolute atomic E-state index is 0.177. The van der Waals surface area contributed by atoms with Crippen molar-refractivity contribution in [3.05, 3.63) is 70.2 Å². The first kappa shape index (κ1) is 15.5. The van der Waals surface area contributed by atoms with Gasteiger partial charge in [0.1, 0.15) is 18.0 Å². The first-order valence-electron chi connectivity index (χ1n) is 7.89. The maximum atomic E-state index is 13.8. The summed E-state index contributed by atoms with van der Waals surface area (Å²) in [6.07, 6.45) is 8.05. The zero-order valence-electron chi connectivity index (χ0n) is 13.3. The molecule has 126 valence electrons. The normalized spacial score (nSPS) is 14.3. The van der Waals surface area contributed by atoms with Crippen molar-refractivity contribution in [2.75, 3.05) is 6.54 Å². The smallest absolute Gasteiger partial charge is 0.255 e. The van der Waals surface area contributed by atoms with E-state index in [1.165, 1.54) is 12.5 Å². The van der Waals surface area contributed by atoms with Gasteiger partial charge in [0.2, 0.25) is 0 Å². The number of aromatic amines is 1. The summed E-state index contributed by atoms with van der Waals surface area (Å²) in [6.45, 7) is 1.57. The van der Waals surface area contributed by atoms with Crippen LogP contribution in [-0.4, -0.2) is 36.4 Å². The van der Waals surface area contributed by atoms with Gasteiger partial charge in [-0.3, -0.25) is 14.7 Å². The molecule has 0 saturated heterocycles. The van der Waals surface area contributed by atoms with E-state index in [-0.39, 0.29) is 11.4 Å². The molecule has 0 aliphatic carbocycles. The second kappa shape index (κ2) is 6.48. The van der Waals surface area contributed by atoms with Gasteiger partial charge in [-0.1, -0.05) is 0 Å². The lowest BCUT2D eigenvalue weighted by Gasteiger charge is -2.27. The van der Waals surface area contributed by atoms with Gasteiger partial charge in [-0.05, 0) is 6.07 Å². The van der Waals surface area contributed by atoms with Crippen LogP contribution >= 0.6 is 0 Å². The quantitative estimate of drug-likeness (QED) is 0.775. The molecule has 1 N–H and O–H groups in total. The number of hydrogen-bond donors (Lipinski definition) is 1. The van der Waals surface area contributed by atoms with Gasteiger partial charge < -0.3 is 4.98 Å². The third kappa shape index (κ3) is 3.16. The van der Waals surface area contributed by atoms with E-state index < -0.39 is 0 Å². The topological polar surface area (TPSA) is 87.7 Å². The van der Waals surface area contributed by atoms with Gasteiger partial charge in [0.15, 0.2) is 0 Å². The minimum Gasteiger partial charge on any atom is -0.306 e. The molecule has 0 bridgehead atoms. The molecule has 0 spiro atoms. The van der Waals surface area contributed by atoms with E-state index in [0.29, 0.717) is 48.6 Å². The Balaban J connectivity index is 1.60. The van der Waals surface area contributed by atoms with E-state index in [2.05, 4.69) is 24.9 Å². The van der Waals surface area contributed by atoms with Crippen LogP contribution in [0.25, 0.3) is 11.4 Å². The fraction of sp³-hybridized carbons (Fsp3) is 0.235. The number of rotatable bonds is 3. The summed E-state index contributed by atoms with van der Waals surface area (Å²) in [7, 11) is 0. The molecule has 3 aromatic rings. The minimum atomic E-state index is -0.334. The van der Waals surface area contributed by atoms with Gasteiger partial charge in [-0.15, -0.1) is 0 Å². The number of H-pyrrole nitrogens is 1. The average molecular weight is 338 g/mol. The van der Waals surface area contributed by atoms with E-state index >= 15 is 0 Å². The van der Waals surface area contributed by atoms with Gasteiger partial charge in [0, 0.05) is 50.2 Å². The molecule has 8 heteroatoms. The largest absolute Gasteiger partial charge is 0.306 e. The summed E-state index contributed by atoms with van der Waals surface area (Å²) in [4.78, 5) is 33.5. The fourth-order valence-corrected chi connectivity index (χ4v) is 2.95. The highest BCUT2D eigenvalue weighted by Gasteiger charge is 2.22. The highest BCUT2D eigenvalue weighted by atomic mass is 19.1. The number of halogens is 1. The Kier molecular flexibility index (Phi) is 4.02. The zero-order chi connectivity index (χ0) is 17.2. The molecule has 25 heavy (non-hydrogen) atoms. The number of nitrogens with one attached hydrogen (secondary N) is 1. The van der Waals surface area contributed by atoms with Crippen LogP contribution in [0.2, 0.25) is 0 Å². The van der Waals surface area contributed by atoms with Crippen molar-refractivity contribution < 1.29 is 4.39 Å². The Morgan fingerprint density at radius 2 is 2.04 bits per heavy atom. The predicted octanol–water partition coefficient (Wildman–Crippen LogP) is 1.32. The molecule has 7 nitrogen and oxygen atoms in total. The van der Waals surface area contributed by atoms with Gasteiger partial charge in [0.25, 0.3) is 5.56 Å². The molecule has 0 atom stereocenters. The molecule has 4 heterocycles. The van der Waals surface area contributed by atoms with Crippen molar-refractivity contribution in [1.82, 2.24) is 29.8 Å². The second-order valence-corrected chi connectivity index (χ2v) is 5.89. The molecule has 0 radical (unpaired) electrons. The van der Waals surface area contributed by atoms with Gasteiger partial charge in [0.05, 0.1) is 23.0 Å². The molecule has 1 aliphatic rings. The summed E-state index contributed by atoms with van der Waals surface area (Å²) < 4.78 is 13.8. The van der Waals surface area contributed by atoms with Crippen LogP contribution in [-0.2, 0) is 19.5 Å². The first-order valence-corrected chi connectivity index (χ1v) is 7.89. The molecule has 0 unspecified atom stereocenters. The van der Waals surface area contributed by atoms with Crippen LogP contribution in [0.4, 0.5) is 4.39 Å². The SMILES string of the molecule is O=c1[nH]c(-c2cncnc2)nc2c1CN(Cc1ccncc1F)CC2. The molecule has 0 fully saturated rings. The highest BCUT2D eigenvalue weighted by Crippen LogP contribution is 2.19. The van der Waals surface area contributed by atoms with Crippen LogP contribution in [0.5, 0.6) is 0 Å². The highest BCUT2D eigenvalue weighted by molar-refractivity contribution is 5.52. The molecule has 1 aliphatic heterocycles. The summed E-state index contributed by atoms with van der Waals surface area (Å²) in [5.74, 6) is 0.137. The van der Waals surface area contributed by atoms with Crippen LogP contribution in [0.3, 0.4) is 0 Å². The maximum Gasteiger partial charge on any atom is 0.255 e. The van der Waals surface area contributed by atoms with E-state index in [4.69, 9.17) is 0 Å². The van der Waals surface area contributed by atoms with E-state index in [1.54, 1.807) is 24.7 Å². The average Bonchev–Trinajstić information content (AvgIpc) is 2.65. The van der Waals surface area contributed by atoms with Crippen molar-refractivity contribution in [1.29, 1.82) is 0 Å². The number of pyridine rings is 1. The monoisotopic (exact) mass is 338 g/mol. The lowest BCUT2D eigenvalue weighted by atomic mass is 10.1. The molecular formula is C17H15FN6O.